The van der Waals surface area contributed by atoms with Crippen molar-refractivity contribution in [2.24, 2.45) is 5.10 Å². The zero-order valence-electron chi connectivity index (χ0n) is 19.4. The fourth-order valence-corrected chi connectivity index (χ4v) is 4.81. The third-order valence-corrected chi connectivity index (χ3v) is 6.68. The lowest BCUT2D eigenvalue weighted by Gasteiger charge is -2.13. The van der Waals surface area contributed by atoms with Crippen molar-refractivity contribution >= 4 is 44.8 Å². The zero-order valence-corrected chi connectivity index (χ0v) is 22.4. The van der Waals surface area contributed by atoms with Crippen LogP contribution in [-0.4, -0.2) is 41.4 Å². The number of halogens is 1. The lowest BCUT2D eigenvalue weighted by Crippen LogP contribution is -2.17. The molecule has 0 spiro atoms. The number of hydrogen-bond acceptors (Lipinski definition) is 8. The first-order valence-electron chi connectivity index (χ1n) is 10.4. The molecule has 188 valence electrons. The van der Waals surface area contributed by atoms with Crippen LogP contribution in [0.5, 0.6) is 23.0 Å². The molecule has 0 unspecified atom stereocenters. The van der Waals surface area contributed by atoms with E-state index < -0.39 is 16.0 Å². The summed E-state index contributed by atoms with van der Waals surface area (Å²) < 4.78 is 47.2. The lowest BCUT2D eigenvalue weighted by molar-refractivity contribution is 0.0954. The van der Waals surface area contributed by atoms with Crippen molar-refractivity contribution in [1.29, 1.82) is 0 Å². The highest BCUT2D eigenvalue weighted by atomic mass is 127. The van der Waals surface area contributed by atoms with Crippen LogP contribution in [-0.2, 0) is 10.1 Å². The van der Waals surface area contributed by atoms with Crippen LogP contribution < -0.4 is 23.8 Å². The first-order valence-corrected chi connectivity index (χ1v) is 12.9. The monoisotopic (exact) mass is 622 g/mol. The summed E-state index contributed by atoms with van der Waals surface area (Å²) in [6.07, 6.45) is 3.00. The van der Waals surface area contributed by atoms with Crippen molar-refractivity contribution in [2.45, 2.75) is 4.90 Å². The Kier molecular flexibility index (Phi) is 9.31. The summed E-state index contributed by atoms with van der Waals surface area (Å²) in [6, 6.07) is 15.7. The van der Waals surface area contributed by atoms with Gasteiger partial charge < -0.3 is 18.4 Å². The molecule has 3 aromatic rings. The summed E-state index contributed by atoms with van der Waals surface area (Å²) in [7, 11) is -1.18. The molecule has 0 aromatic heterocycles. The molecule has 0 aliphatic carbocycles. The van der Waals surface area contributed by atoms with Crippen molar-refractivity contribution in [2.75, 3.05) is 20.8 Å². The van der Waals surface area contributed by atoms with Gasteiger partial charge in [-0.2, -0.15) is 13.5 Å². The van der Waals surface area contributed by atoms with E-state index in [0.29, 0.717) is 32.8 Å². The molecule has 9 nitrogen and oxygen atoms in total. The number of benzene rings is 3. The van der Waals surface area contributed by atoms with Crippen LogP contribution in [0, 0.1) is 3.57 Å². The minimum Gasteiger partial charge on any atom is -0.493 e. The van der Waals surface area contributed by atoms with Crippen LogP contribution in [0.1, 0.15) is 15.9 Å². The van der Waals surface area contributed by atoms with Gasteiger partial charge in [0.05, 0.1) is 24.0 Å². The number of carbonyl (C=O) groups is 1. The lowest BCUT2D eigenvalue weighted by atomic mass is 10.2. The molecule has 1 amide bonds. The number of nitrogens with one attached hydrogen (secondary N) is 1. The third kappa shape index (κ3) is 6.76. The molecule has 0 aliphatic heterocycles. The summed E-state index contributed by atoms with van der Waals surface area (Å²) in [5, 5.41) is 3.99. The molecule has 3 aromatic carbocycles. The van der Waals surface area contributed by atoms with Gasteiger partial charge in [0, 0.05) is 5.56 Å². The van der Waals surface area contributed by atoms with E-state index in [1.807, 2.05) is 22.6 Å². The van der Waals surface area contributed by atoms with E-state index in [1.54, 1.807) is 48.5 Å². The van der Waals surface area contributed by atoms with Crippen LogP contribution >= 0.6 is 22.6 Å². The van der Waals surface area contributed by atoms with Gasteiger partial charge in [0.1, 0.15) is 11.5 Å². The number of nitrogens with zero attached hydrogens (tertiary/aromatic N) is 1. The maximum absolute atomic E-state index is 12.6. The Bertz CT molecular complexity index is 1380. The van der Waals surface area contributed by atoms with Crippen molar-refractivity contribution in [1.82, 2.24) is 5.43 Å². The molecule has 0 bridgehead atoms. The zero-order chi connectivity index (χ0) is 26.1. The van der Waals surface area contributed by atoms with Gasteiger partial charge in [-0.25, -0.2) is 5.43 Å². The second-order valence-corrected chi connectivity index (χ2v) is 9.76. The summed E-state index contributed by atoms with van der Waals surface area (Å²) in [5.74, 6) is 0.656. The Morgan fingerprint density at radius 3 is 2.42 bits per heavy atom. The fraction of sp³-hybridized carbons (Fsp3) is 0.120. The first kappa shape index (κ1) is 27.0. The summed E-state index contributed by atoms with van der Waals surface area (Å²) in [5.41, 5.74) is 3.30. The van der Waals surface area contributed by atoms with Crippen LogP contribution in [0.4, 0.5) is 0 Å². The van der Waals surface area contributed by atoms with E-state index in [2.05, 4.69) is 17.1 Å². The molecule has 1 N–H and O–H groups in total. The average Bonchev–Trinajstić information content (AvgIpc) is 2.89. The van der Waals surface area contributed by atoms with Gasteiger partial charge in [-0.15, -0.1) is 0 Å². The van der Waals surface area contributed by atoms with Crippen LogP contribution in [0.15, 0.2) is 83.3 Å². The van der Waals surface area contributed by atoms with E-state index in [4.69, 9.17) is 18.4 Å². The highest BCUT2D eigenvalue weighted by Gasteiger charge is 2.21. The molecule has 0 saturated heterocycles. The predicted octanol–water partition coefficient (Wildman–Crippen LogP) is 4.40. The standard InChI is InChI=1S/C25H23IN2O7S/c1-4-12-34-21-11-10-18(15-22(21)32-2)25(29)28-27-16-17-13-20(26)24(23(14-17)33-3)35-36(30,31)19-8-6-5-7-9-19/h4-11,13-16H,1,12H2,2-3H3,(H,28,29)/b27-16+. The Hall–Kier alpha value is -3.58. The normalized spacial score (nSPS) is 11.1. The Morgan fingerprint density at radius 1 is 1.03 bits per heavy atom. The summed E-state index contributed by atoms with van der Waals surface area (Å²) in [6.45, 7) is 3.90. The Morgan fingerprint density at radius 2 is 1.75 bits per heavy atom. The molecule has 0 fully saturated rings. The highest BCUT2D eigenvalue weighted by Crippen LogP contribution is 2.35. The maximum Gasteiger partial charge on any atom is 0.339 e. The molecule has 0 radical (unpaired) electrons. The van der Waals surface area contributed by atoms with E-state index in [1.165, 1.54) is 38.6 Å². The largest absolute Gasteiger partial charge is 0.493 e. The van der Waals surface area contributed by atoms with E-state index in [9.17, 15) is 13.2 Å². The smallest absolute Gasteiger partial charge is 0.339 e. The van der Waals surface area contributed by atoms with Gasteiger partial charge in [0.25, 0.3) is 5.91 Å². The number of ether oxygens (including phenoxy) is 3. The quantitative estimate of drug-likeness (QED) is 0.111. The molecular formula is C25H23IN2O7S. The summed E-state index contributed by atoms with van der Waals surface area (Å²) >= 11 is 1.94. The first-order chi connectivity index (χ1) is 17.3. The molecule has 36 heavy (non-hydrogen) atoms. The molecule has 3 rings (SSSR count). The van der Waals surface area contributed by atoms with Crippen molar-refractivity contribution in [3.05, 3.63) is 88.0 Å². The number of amides is 1. The Balaban J connectivity index is 1.75. The highest BCUT2D eigenvalue weighted by molar-refractivity contribution is 14.1. The average molecular weight is 622 g/mol. The molecule has 0 saturated carbocycles. The van der Waals surface area contributed by atoms with Gasteiger partial charge in [-0.3, -0.25) is 4.79 Å². The molecule has 0 aliphatic rings. The topological polar surface area (TPSA) is 113 Å². The Labute approximate surface area is 223 Å². The third-order valence-electron chi connectivity index (χ3n) is 4.64. The van der Waals surface area contributed by atoms with E-state index in [-0.39, 0.29) is 16.4 Å². The fourth-order valence-electron chi connectivity index (χ4n) is 2.95. The van der Waals surface area contributed by atoms with E-state index in [0.717, 1.165) is 0 Å². The number of methoxy groups -OCH3 is 2. The van der Waals surface area contributed by atoms with Crippen molar-refractivity contribution in [3.8, 4) is 23.0 Å². The molecule has 11 heteroatoms. The number of carbonyl (C=O) groups excluding carboxylic acids is 1. The number of rotatable bonds is 11. The SMILES string of the molecule is C=CCOc1ccc(C(=O)N/N=C/c2cc(I)c(OS(=O)(=O)c3ccccc3)c(OC)c2)cc1OC. The predicted molar refractivity (Wildman–Crippen MR) is 144 cm³/mol. The van der Waals surface area contributed by atoms with Gasteiger partial charge >= 0.3 is 10.1 Å². The second-order valence-electron chi connectivity index (χ2n) is 7.05. The van der Waals surface area contributed by atoms with Crippen molar-refractivity contribution < 1.29 is 31.6 Å². The van der Waals surface area contributed by atoms with Gasteiger partial charge in [0.2, 0.25) is 0 Å². The molecule has 0 atom stereocenters. The number of hydrogen-bond donors (Lipinski definition) is 1. The minimum absolute atomic E-state index is 0.0214. The van der Waals surface area contributed by atoms with Crippen LogP contribution in [0.25, 0.3) is 0 Å². The van der Waals surface area contributed by atoms with Gasteiger partial charge in [0.15, 0.2) is 23.0 Å². The summed E-state index contributed by atoms with van der Waals surface area (Å²) in [4.78, 5) is 12.5. The second kappa shape index (κ2) is 12.4. The van der Waals surface area contributed by atoms with Crippen molar-refractivity contribution in [3.63, 3.8) is 0 Å². The maximum atomic E-state index is 12.6. The minimum atomic E-state index is -4.05. The van der Waals surface area contributed by atoms with Crippen LogP contribution in [0.2, 0.25) is 0 Å². The molecule has 0 heterocycles. The molecular weight excluding hydrogens is 599 g/mol. The van der Waals surface area contributed by atoms with Gasteiger partial charge in [-0.1, -0.05) is 30.9 Å². The van der Waals surface area contributed by atoms with Gasteiger partial charge in [-0.05, 0) is 70.6 Å². The number of hydrazone groups is 1. The van der Waals surface area contributed by atoms with E-state index >= 15 is 0 Å². The van der Waals surface area contributed by atoms with Crippen LogP contribution in [0.3, 0.4) is 0 Å².